The van der Waals surface area contributed by atoms with Crippen LogP contribution in [-0.4, -0.2) is 84.1 Å². The van der Waals surface area contributed by atoms with Crippen molar-refractivity contribution in [3.8, 4) is 0 Å². The fourth-order valence-electron chi connectivity index (χ4n) is 4.80. The maximum absolute atomic E-state index is 12.7. The second-order valence-corrected chi connectivity index (χ2v) is 8.92. The molecule has 8 atom stereocenters. The average molecular weight is 436 g/mol. The molecule has 0 spiro atoms. The molecule has 1 aliphatic carbocycles. The monoisotopic (exact) mass is 436 g/mol. The smallest absolute Gasteiger partial charge is 0.338 e. The van der Waals surface area contributed by atoms with E-state index >= 15 is 0 Å². The summed E-state index contributed by atoms with van der Waals surface area (Å²) in [4.78, 5) is 36.5. The normalized spacial score (nSPS) is 44.1. The summed E-state index contributed by atoms with van der Waals surface area (Å²) in [7, 11) is 0. The number of ether oxygens (including phenoxy) is 6. The maximum atomic E-state index is 12.7. The molecule has 10 heteroatoms. The SMILES string of the molecule is C=C(C)C(=O)O[C@H]1C[C@@]2(CO)O[C@H]2[C@H]2O[C@H]2[C@@]2(C)O[C@@H]2[C@H]2OC(=O)C(COC(C)=O)=C12. The molecule has 0 bridgehead atoms. The van der Waals surface area contributed by atoms with Gasteiger partial charge in [-0.05, 0) is 13.8 Å². The van der Waals surface area contributed by atoms with Crippen LogP contribution in [0.1, 0.15) is 27.2 Å². The zero-order chi connectivity index (χ0) is 22.3. The van der Waals surface area contributed by atoms with Crippen LogP contribution in [0.25, 0.3) is 0 Å². The highest BCUT2D eigenvalue weighted by atomic mass is 16.7. The van der Waals surface area contributed by atoms with Crippen molar-refractivity contribution >= 4 is 17.9 Å². The summed E-state index contributed by atoms with van der Waals surface area (Å²) in [6.07, 6.45) is -3.17. The van der Waals surface area contributed by atoms with Crippen molar-refractivity contribution in [3.63, 3.8) is 0 Å². The molecule has 0 amide bonds. The van der Waals surface area contributed by atoms with Crippen LogP contribution in [0.3, 0.4) is 0 Å². The number of fused-ring (bicyclic) bond motifs is 7. The Morgan fingerprint density at radius 1 is 1.23 bits per heavy atom. The van der Waals surface area contributed by atoms with E-state index in [1.54, 1.807) is 0 Å². The van der Waals surface area contributed by atoms with E-state index in [2.05, 4.69) is 6.58 Å². The highest BCUT2D eigenvalue weighted by Crippen LogP contribution is 2.60. The first-order valence-corrected chi connectivity index (χ1v) is 10.2. The van der Waals surface area contributed by atoms with Gasteiger partial charge in [0.2, 0.25) is 0 Å². The van der Waals surface area contributed by atoms with Crippen molar-refractivity contribution in [1.29, 1.82) is 0 Å². The van der Waals surface area contributed by atoms with Crippen LogP contribution >= 0.6 is 0 Å². The minimum Gasteiger partial charge on any atom is -0.461 e. The summed E-state index contributed by atoms with van der Waals surface area (Å²) in [5.41, 5.74) is -1.09. The van der Waals surface area contributed by atoms with E-state index in [4.69, 9.17) is 28.4 Å². The lowest BCUT2D eigenvalue weighted by Crippen LogP contribution is -2.40. The Bertz CT molecular complexity index is 923. The van der Waals surface area contributed by atoms with Crippen LogP contribution < -0.4 is 0 Å². The molecular formula is C21H24O10. The zero-order valence-corrected chi connectivity index (χ0v) is 17.4. The van der Waals surface area contributed by atoms with E-state index in [9.17, 15) is 19.5 Å². The molecule has 1 N–H and O–H groups in total. The van der Waals surface area contributed by atoms with Crippen molar-refractivity contribution in [2.75, 3.05) is 13.2 Å². The van der Waals surface area contributed by atoms with Gasteiger partial charge in [-0.2, -0.15) is 0 Å². The van der Waals surface area contributed by atoms with Crippen LogP contribution in [0.5, 0.6) is 0 Å². The molecule has 0 aromatic carbocycles. The Labute approximate surface area is 178 Å². The number of epoxide rings is 3. The van der Waals surface area contributed by atoms with Gasteiger partial charge >= 0.3 is 17.9 Å². The maximum Gasteiger partial charge on any atom is 0.338 e. The first kappa shape index (κ1) is 20.6. The van der Waals surface area contributed by atoms with Gasteiger partial charge in [0.05, 0.1) is 12.2 Å². The molecule has 0 aromatic heterocycles. The number of carbonyl (C=O) groups excluding carboxylic acids is 3. The molecule has 5 rings (SSSR count). The molecule has 168 valence electrons. The van der Waals surface area contributed by atoms with Crippen LogP contribution in [-0.2, 0) is 42.8 Å². The Morgan fingerprint density at radius 2 is 1.97 bits per heavy atom. The molecule has 4 aliphatic heterocycles. The van der Waals surface area contributed by atoms with Gasteiger partial charge in [0.15, 0.2) is 6.10 Å². The first-order valence-electron chi connectivity index (χ1n) is 10.2. The van der Waals surface area contributed by atoms with E-state index in [0.29, 0.717) is 5.57 Å². The van der Waals surface area contributed by atoms with Gasteiger partial charge in [-0.1, -0.05) is 6.58 Å². The molecule has 4 heterocycles. The van der Waals surface area contributed by atoms with Gasteiger partial charge in [0.25, 0.3) is 0 Å². The predicted octanol–water partition coefficient (Wildman–Crippen LogP) is -0.282. The number of hydrogen-bond acceptors (Lipinski definition) is 10. The second kappa shape index (κ2) is 6.61. The molecule has 3 saturated heterocycles. The average Bonchev–Trinajstić information content (AvgIpc) is 3.60. The largest absolute Gasteiger partial charge is 0.461 e. The molecule has 4 fully saturated rings. The van der Waals surface area contributed by atoms with Gasteiger partial charge in [0.1, 0.15) is 48.3 Å². The fraction of sp³-hybridized carbons (Fsp3) is 0.667. The molecule has 0 unspecified atom stereocenters. The minimum absolute atomic E-state index is 0.0786. The highest BCUT2D eigenvalue weighted by Gasteiger charge is 2.78. The van der Waals surface area contributed by atoms with E-state index in [1.807, 2.05) is 6.92 Å². The third kappa shape index (κ3) is 3.12. The Balaban J connectivity index is 1.58. The summed E-state index contributed by atoms with van der Waals surface area (Å²) in [6.45, 7) is 7.55. The molecule has 10 nitrogen and oxygen atoms in total. The molecule has 0 aromatic rings. The van der Waals surface area contributed by atoms with Gasteiger partial charge in [-0.25, -0.2) is 9.59 Å². The van der Waals surface area contributed by atoms with Gasteiger partial charge in [0, 0.05) is 24.5 Å². The van der Waals surface area contributed by atoms with Crippen LogP contribution in [0.4, 0.5) is 0 Å². The molecule has 0 radical (unpaired) electrons. The Kier molecular flexibility index (Phi) is 4.40. The van der Waals surface area contributed by atoms with Crippen LogP contribution in [0.2, 0.25) is 0 Å². The third-order valence-electron chi connectivity index (χ3n) is 6.67. The van der Waals surface area contributed by atoms with Crippen molar-refractivity contribution in [2.24, 2.45) is 0 Å². The topological polar surface area (TPSA) is 137 Å². The van der Waals surface area contributed by atoms with Gasteiger partial charge in [-0.3, -0.25) is 4.79 Å². The summed E-state index contributed by atoms with van der Waals surface area (Å²) in [6, 6.07) is 0. The standard InChI is InChI=1S/C21H24O10/c1-8(2)18(24)27-11-5-21(7-22)17(31-21)14-15(28-14)20(4)16(30-20)13-12(11)10(19(25)29-13)6-26-9(3)23/h11,13-17,22H,1,5-7H2,2-4H3/t11-,13-,14-,15+,16+,17-,20+,21-/m0/s1. The quantitative estimate of drug-likeness (QED) is 0.265. The molecule has 5 aliphatic rings. The molecular weight excluding hydrogens is 412 g/mol. The van der Waals surface area contributed by atoms with Crippen LogP contribution in [0.15, 0.2) is 23.3 Å². The van der Waals surface area contributed by atoms with Crippen molar-refractivity contribution in [3.05, 3.63) is 23.3 Å². The van der Waals surface area contributed by atoms with E-state index in [0.717, 1.165) is 0 Å². The van der Waals surface area contributed by atoms with Crippen molar-refractivity contribution < 1.29 is 47.9 Å². The number of rotatable bonds is 5. The lowest BCUT2D eigenvalue weighted by atomic mass is 9.83. The minimum atomic E-state index is -0.993. The summed E-state index contributed by atoms with van der Waals surface area (Å²) in [5, 5.41) is 10.1. The summed E-state index contributed by atoms with van der Waals surface area (Å²) < 4.78 is 34.0. The lowest BCUT2D eigenvalue weighted by molar-refractivity contribution is -0.144. The fourth-order valence-corrected chi connectivity index (χ4v) is 4.80. The number of aliphatic hydroxyl groups excluding tert-OH is 1. The lowest BCUT2D eigenvalue weighted by Gasteiger charge is -2.26. The second-order valence-electron chi connectivity index (χ2n) is 8.92. The van der Waals surface area contributed by atoms with Crippen LogP contribution in [0, 0.1) is 0 Å². The zero-order valence-electron chi connectivity index (χ0n) is 17.4. The van der Waals surface area contributed by atoms with E-state index in [1.165, 1.54) is 13.8 Å². The number of aliphatic hydroxyl groups is 1. The number of carbonyl (C=O) groups is 3. The van der Waals surface area contributed by atoms with Gasteiger partial charge < -0.3 is 33.5 Å². The van der Waals surface area contributed by atoms with Gasteiger partial charge in [-0.15, -0.1) is 0 Å². The molecule has 1 saturated carbocycles. The van der Waals surface area contributed by atoms with E-state index in [-0.39, 0.29) is 49.1 Å². The summed E-state index contributed by atoms with van der Waals surface area (Å²) in [5.74, 6) is -1.90. The summed E-state index contributed by atoms with van der Waals surface area (Å²) >= 11 is 0. The predicted molar refractivity (Wildman–Crippen MR) is 99.5 cm³/mol. The Morgan fingerprint density at radius 3 is 2.61 bits per heavy atom. The first-order chi connectivity index (χ1) is 14.6. The Hall–Kier alpha value is -2.27. The van der Waals surface area contributed by atoms with Crippen molar-refractivity contribution in [2.45, 2.75) is 75.0 Å². The van der Waals surface area contributed by atoms with Crippen molar-refractivity contribution in [1.82, 2.24) is 0 Å². The third-order valence-corrected chi connectivity index (χ3v) is 6.67. The van der Waals surface area contributed by atoms with E-state index < -0.39 is 47.4 Å². The number of esters is 3. The number of hydrogen-bond donors (Lipinski definition) is 1. The molecule has 31 heavy (non-hydrogen) atoms. The highest BCUT2D eigenvalue weighted by molar-refractivity contribution is 5.94.